The van der Waals surface area contributed by atoms with Crippen LogP contribution in [-0.4, -0.2) is 15.0 Å². The molecule has 0 spiro atoms. The second-order valence-electron chi connectivity index (χ2n) is 2.06. The van der Waals surface area contributed by atoms with Crippen molar-refractivity contribution in [2.45, 2.75) is 0 Å². The third-order valence-corrected chi connectivity index (χ3v) is 2.16. The normalized spacial score (nSPS) is 10.4. The lowest BCUT2D eigenvalue weighted by Crippen LogP contribution is -2.09. The van der Waals surface area contributed by atoms with Crippen molar-refractivity contribution in [3.8, 4) is 0 Å². The smallest absolute Gasteiger partial charge is 0.307 e. The standard InChI is InChI=1S/C5H5N5OS/c6-10-3-2-4(8-1-7-3)12-5(11)9-2/h1H,6H2,(H,9,11)(H,7,8,10). The van der Waals surface area contributed by atoms with E-state index in [1.165, 1.54) is 6.33 Å². The molecule has 7 heteroatoms. The second-order valence-corrected chi connectivity index (χ2v) is 3.02. The fourth-order valence-corrected chi connectivity index (χ4v) is 1.56. The summed E-state index contributed by atoms with van der Waals surface area (Å²) in [5, 5.41) is 0. The number of hydrogen-bond donors (Lipinski definition) is 3. The summed E-state index contributed by atoms with van der Waals surface area (Å²) in [6.45, 7) is 0. The van der Waals surface area contributed by atoms with E-state index in [0.29, 0.717) is 16.2 Å². The van der Waals surface area contributed by atoms with Crippen LogP contribution in [0.15, 0.2) is 11.1 Å². The number of aromatic amines is 1. The molecule has 0 bridgehead atoms. The molecule has 0 aliphatic rings. The van der Waals surface area contributed by atoms with Gasteiger partial charge in [0.2, 0.25) is 0 Å². The average molecular weight is 183 g/mol. The summed E-state index contributed by atoms with van der Waals surface area (Å²) < 4.78 is 0. The summed E-state index contributed by atoms with van der Waals surface area (Å²) in [5.41, 5.74) is 2.92. The van der Waals surface area contributed by atoms with Crippen LogP contribution >= 0.6 is 11.3 Å². The first-order valence-corrected chi connectivity index (χ1v) is 3.93. The molecule has 0 unspecified atom stereocenters. The van der Waals surface area contributed by atoms with Gasteiger partial charge in [-0.05, 0) is 0 Å². The summed E-state index contributed by atoms with van der Waals surface area (Å²) in [4.78, 5) is 21.6. The van der Waals surface area contributed by atoms with Crippen LogP contribution in [0.2, 0.25) is 0 Å². The van der Waals surface area contributed by atoms with Gasteiger partial charge >= 0.3 is 4.87 Å². The van der Waals surface area contributed by atoms with Gasteiger partial charge in [0.05, 0.1) is 0 Å². The number of thiazole rings is 1. The van der Waals surface area contributed by atoms with E-state index in [1.54, 1.807) is 0 Å². The largest absolute Gasteiger partial charge is 0.308 e. The molecule has 0 aliphatic heterocycles. The van der Waals surface area contributed by atoms with Gasteiger partial charge in [-0.1, -0.05) is 11.3 Å². The highest BCUT2D eigenvalue weighted by Gasteiger charge is 2.04. The molecule has 2 rings (SSSR count). The van der Waals surface area contributed by atoms with Crippen LogP contribution in [0, 0.1) is 0 Å². The Morgan fingerprint density at radius 3 is 3.17 bits per heavy atom. The number of hydrazine groups is 1. The predicted molar refractivity (Wildman–Crippen MR) is 45.8 cm³/mol. The minimum Gasteiger partial charge on any atom is -0.308 e. The lowest BCUT2D eigenvalue weighted by Gasteiger charge is -1.96. The SMILES string of the molecule is NNc1ncnc2sc(=O)[nH]c12. The van der Waals surface area contributed by atoms with E-state index in [-0.39, 0.29) is 4.87 Å². The van der Waals surface area contributed by atoms with Crippen LogP contribution in [0.3, 0.4) is 0 Å². The number of hydrogen-bond acceptors (Lipinski definition) is 6. The highest BCUT2D eigenvalue weighted by molar-refractivity contribution is 7.16. The maximum Gasteiger partial charge on any atom is 0.307 e. The van der Waals surface area contributed by atoms with Crippen LogP contribution in [0.25, 0.3) is 10.3 Å². The minimum absolute atomic E-state index is 0.165. The first-order chi connectivity index (χ1) is 5.81. The van der Waals surface area contributed by atoms with E-state index in [2.05, 4.69) is 20.4 Å². The van der Waals surface area contributed by atoms with E-state index in [9.17, 15) is 4.79 Å². The number of H-pyrrole nitrogens is 1. The minimum atomic E-state index is -0.165. The predicted octanol–water partition coefficient (Wildman–Crippen LogP) is -0.335. The van der Waals surface area contributed by atoms with Crippen LogP contribution in [0.1, 0.15) is 0 Å². The van der Waals surface area contributed by atoms with E-state index in [0.717, 1.165) is 11.3 Å². The molecule has 6 nitrogen and oxygen atoms in total. The van der Waals surface area contributed by atoms with Gasteiger partial charge in [0, 0.05) is 0 Å². The summed E-state index contributed by atoms with van der Waals surface area (Å²) in [7, 11) is 0. The van der Waals surface area contributed by atoms with Crippen molar-refractivity contribution >= 4 is 27.5 Å². The van der Waals surface area contributed by atoms with Gasteiger partial charge in [-0.2, -0.15) is 0 Å². The topological polar surface area (TPSA) is 96.7 Å². The van der Waals surface area contributed by atoms with Crippen molar-refractivity contribution in [2.75, 3.05) is 5.43 Å². The molecule has 0 saturated carbocycles. The van der Waals surface area contributed by atoms with E-state index in [1.807, 2.05) is 0 Å². The van der Waals surface area contributed by atoms with Gasteiger partial charge in [0.15, 0.2) is 5.82 Å². The third-order valence-electron chi connectivity index (χ3n) is 1.37. The number of fused-ring (bicyclic) bond motifs is 1. The molecule has 0 radical (unpaired) electrons. The molecule has 2 aromatic rings. The molecule has 62 valence electrons. The zero-order valence-corrected chi connectivity index (χ0v) is 6.68. The van der Waals surface area contributed by atoms with Crippen molar-refractivity contribution in [2.24, 2.45) is 5.84 Å². The number of nitrogens with one attached hydrogen (secondary N) is 2. The van der Waals surface area contributed by atoms with Crippen molar-refractivity contribution in [3.63, 3.8) is 0 Å². The Hall–Kier alpha value is -1.47. The first-order valence-electron chi connectivity index (χ1n) is 3.11. The number of rotatable bonds is 1. The quantitative estimate of drug-likeness (QED) is 0.415. The van der Waals surface area contributed by atoms with E-state index < -0.39 is 0 Å². The maximum atomic E-state index is 10.9. The van der Waals surface area contributed by atoms with Crippen molar-refractivity contribution in [1.29, 1.82) is 0 Å². The molecule has 2 heterocycles. The molecule has 0 aliphatic carbocycles. The van der Waals surface area contributed by atoms with Crippen LogP contribution in [0.4, 0.5) is 5.82 Å². The fourth-order valence-electron chi connectivity index (χ4n) is 0.884. The fraction of sp³-hybridized carbons (Fsp3) is 0. The number of nitrogen functional groups attached to an aromatic ring is 1. The second kappa shape index (κ2) is 2.54. The van der Waals surface area contributed by atoms with Gasteiger partial charge in [0.25, 0.3) is 0 Å². The summed E-state index contributed by atoms with van der Waals surface area (Å²) in [5.74, 6) is 5.60. The zero-order chi connectivity index (χ0) is 8.55. The Bertz CT molecular complexity index is 460. The Morgan fingerprint density at radius 1 is 1.58 bits per heavy atom. The number of aromatic nitrogens is 3. The lowest BCUT2D eigenvalue weighted by atomic mass is 10.5. The maximum absolute atomic E-state index is 10.9. The summed E-state index contributed by atoms with van der Waals surface area (Å²) in [6, 6.07) is 0. The summed E-state index contributed by atoms with van der Waals surface area (Å²) in [6.07, 6.45) is 1.35. The molecular weight excluding hydrogens is 178 g/mol. The van der Waals surface area contributed by atoms with Gasteiger partial charge in [-0.15, -0.1) is 0 Å². The molecule has 0 fully saturated rings. The van der Waals surface area contributed by atoms with Gasteiger partial charge < -0.3 is 10.4 Å². The van der Waals surface area contributed by atoms with Crippen molar-refractivity contribution < 1.29 is 0 Å². The summed E-state index contributed by atoms with van der Waals surface area (Å²) >= 11 is 1.02. The third kappa shape index (κ3) is 0.953. The van der Waals surface area contributed by atoms with Crippen LogP contribution < -0.4 is 16.1 Å². The molecule has 2 aromatic heterocycles. The first kappa shape index (κ1) is 7.19. The van der Waals surface area contributed by atoms with Gasteiger partial charge in [0.1, 0.15) is 16.7 Å². The van der Waals surface area contributed by atoms with E-state index in [4.69, 9.17) is 5.84 Å². The Morgan fingerprint density at radius 2 is 2.42 bits per heavy atom. The van der Waals surface area contributed by atoms with Crippen molar-refractivity contribution in [1.82, 2.24) is 15.0 Å². The molecule has 0 aromatic carbocycles. The van der Waals surface area contributed by atoms with Crippen LogP contribution in [0.5, 0.6) is 0 Å². The van der Waals surface area contributed by atoms with E-state index >= 15 is 0 Å². The van der Waals surface area contributed by atoms with Gasteiger partial charge in [-0.25, -0.2) is 15.8 Å². The molecular formula is C5H5N5OS. The van der Waals surface area contributed by atoms with Crippen molar-refractivity contribution in [3.05, 3.63) is 16.0 Å². The molecule has 4 N–H and O–H groups in total. The number of nitrogens with two attached hydrogens (primary N) is 1. The molecule has 0 saturated heterocycles. The zero-order valence-electron chi connectivity index (χ0n) is 5.87. The van der Waals surface area contributed by atoms with Crippen LogP contribution in [-0.2, 0) is 0 Å². The Labute approximate surface area is 70.4 Å². The Kier molecular flexibility index (Phi) is 1.52. The highest BCUT2D eigenvalue weighted by Crippen LogP contribution is 2.16. The average Bonchev–Trinajstić information content (AvgIpc) is 2.44. The number of nitrogens with zero attached hydrogens (tertiary/aromatic N) is 2. The lowest BCUT2D eigenvalue weighted by molar-refractivity contribution is 1.17. The Balaban J connectivity index is 2.87. The molecule has 12 heavy (non-hydrogen) atoms. The van der Waals surface area contributed by atoms with Gasteiger partial charge in [-0.3, -0.25) is 4.79 Å². The number of anilines is 1. The molecule has 0 amide bonds. The molecule has 0 atom stereocenters. The monoisotopic (exact) mass is 183 g/mol. The highest BCUT2D eigenvalue weighted by atomic mass is 32.1.